The summed E-state index contributed by atoms with van der Waals surface area (Å²) >= 11 is 9.89. The fourth-order valence-electron chi connectivity index (χ4n) is 2.41. The van der Waals surface area contributed by atoms with Crippen molar-refractivity contribution in [3.8, 4) is 5.75 Å². The number of rotatable bonds is 6. The summed E-state index contributed by atoms with van der Waals surface area (Å²) in [4.78, 5) is 36.4. The van der Waals surface area contributed by atoms with Crippen LogP contribution in [-0.2, 0) is 4.79 Å². The third-order valence-corrected chi connectivity index (χ3v) is 5.64. The molecule has 0 bridgehead atoms. The number of para-hydroxylation sites is 1. The molecule has 2 amide bonds. The fourth-order valence-corrected chi connectivity index (χ4v) is 3.86. The van der Waals surface area contributed by atoms with Crippen molar-refractivity contribution >= 4 is 62.2 Å². The summed E-state index contributed by atoms with van der Waals surface area (Å²) in [5.41, 5.74) is 0.328. The van der Waals surface area contributed by atoms with Gasteiger partial charge < -0.3 is 4.74 Å². The van der Waals surface area contributed by atoms with E-state index < -0.39 is 16.1 Å². The summed E-state index contributed by atoms with van der Waals surface area (Å²) in [5.74, 6) is -0.00261. The smallest absolute Gasteiger partial charge is 0.293 e. The first-order valence-electron chi connectivity index (χ1n) is 7.93. The van der Waals surface area contributed by atoms with Gasteiger partial charge in [-0.3, -0.25) is 24.6 Å². The Balaban J connectivity index is 1.69. The predicted molar refractivity (Wildman–Crippen MR) is 110 cm³/mol. The molecule has 0 atom stereocenters. The third-order valence-electron chi connectivity index (χ3n) is 3.75. The molecule has 1 aliphatic heterocycles. The highest BCUT2D eigenvalue weighted by molar-refractivity contribution is 9.10. The Kier molecular flexibility index (Phi) is 6.38. The highest BCUT2D eigenvalue weighted by Crippen LogP contribution is 2.34. The number of nitrogens with zero attached hydrogens (tertiary/aromatic N) is 2. The van der Waals surface area contributed by atoms with Gasteiger partial charge in [0, 0.05) is 6.07 Å². The highest BCUT2D eigenvalue weighted by Gasteiger charge is 2.35. The van der Waals surface area contributed by atoms with Crippen molar-refractivity contribution in [3.63, 3.8) is 0 Å². The summed E-state index contributed by atoms with van der Waals surface area (Å²) in [5, 5.41) is 11.0. The molecule has 0 aliphatic carbocycles. The molecule has 0 saturated carbocycles. The van der Waals surface area contributed by atoms with Gasteiger partial charge >= 0.3 is 0 Å². The second kappa shape index (κ2) is 8.76. The number of nitro benzene ring substituents is 1. The number of halogens is 2. The molecule has 7 nitrogen and oxygen atoms in total. The van der Waals surface area contributed by atoms with E-state index in [4.69, 9.17) is 16.3 Å². The Hall–Kier alpha value is -2.36. The Labute approximate surface area is 177 Å². The van der Waals surface area contributed by atoms with Crippen LogP contribution in [0.3, 0.4) is 0 Å². The van der Waals surface area contributed by atoms with E-state index >= 15 is 0 Å². The van der Waals surface area contributed by atoms with Crippen molar-refractivity contribution < 1.29 is 19.2 Å². The zero-order valence-electron chi connectivity index (χ0n) is 14.1. The number of thioether (sulfide) groups is 1. The van der Waals surface area contributed by atoms with Crippen molar-refractivity contribution in [2.75, 3.05) is 13.2 Å². The average molecular weight is 484 g/mol. The van der Waals surface area contributed by atoms with Crippen LogP contribution < -0.4 is 4.74 Å². The lowest BCUT2D eigenvalue weighted by Gasteiger charge is -2.13. The summed E-state index contributed by atoms with van der Waals surface area (Å²) in [7, 11) is 0. The van der Waals surface area contributed by atoms with Crippen LogP contribution in [0.4, 0.5) is 10.5 Å². The van der Waals surface area contributed by atoms with E-state index in [9.17, 15) is 19.7 Å². The van der Waals surface area contributed by atoms with E-state index in [0.29, 0.717) is 20.8 Å². The molecule has 1 saturated heterocycles. The van der Waals surface area contributed by atoms with Crippen molar-refractivity contribution in [1.29, 1.82) is 0 Å². The molecule has 10 heteroatoms. The normalized spacial score (nSPS) is 15.4. The molecule has 3 rings (SSSR count). The fraction of sp³-hybridized carbons (Fsp3) is 0.111. The first kappa shape index (κ1) is 20.4. The second-order valence-electron chi connectivity index (χ2n) is 5.58. The second-order valence-corrected chi connectivity index (χ2v) is 7.83. The average Bonchev–Trinajstić information content (AvgIpc) is 2.92. The third kappa shape index (κ3) is 4.54. The number of ether oxygens (including phenoxy) is 1. The largest absolute Gasteiger partial charge is 0.490 e. The Morgan fingerprint density at radius 2 is 2.00 bits per heavy atom. The molecule has 2 aromatic carbocycles. The van der Waals surface area contributed by atoms with Gasteiger partial charge in [0.05, 0.1) is 25.9 Å². The lowest BCUT2D eigenvalue weighted by molar-refractivity contribution is -0.385. The van der Waals surface area contributed by atoms with Crippen molar-refractivity contribution in [1.82, 2.24) is 4.90 Å². The molecular weight excluding hydrogens is 472 g/mol. The van der Waals surface area contributed by atoms with Crippen LogP contribution in [0.15, 0.2) is 51.8 Å². The van der Waals surface area contributed by atoms with Crippen LogP contribution in [-0.4, -0.2) is 34.1 Å². The van der Waals surface area contributed by atoms with Gasteiger partial charge in [0.1, 0.15) is 12.4 Å². The molecule has 0 radical (unpaired) electrons. The van der Waals surface area contributed by atoms with Gasteiger partial charge in [-0.25, -0.2) is 0 Å². The number of amides is 2. The SMILES string of the molecule is O=C1S/C(=C\c2ccc(Br)c([N+](=O)[O-])c2)C(=O)N1CCOc1ccccc1Cl. The van der Waals surface area contributed by atoms with E-state index in [-0.39, 0.29) is 23.7 Å². The maximum atomic E-state index is 12.5. The molecule has 28 heavy (non-hydrogen) atoms. The van der Waals surface area contributed by atoms with Crippen molar-refractivity contribution in [2.24, 2.45) is 0 Å². The van der Waals surface area contributed by atoms with Crippen LogP contribution in [0.5, 0.6) is 5.75 Å². The number of benzene rings is 2. The van der Waals surface area contributed by atoms with Crippen molar-refractivity contribution in [3.05, 3.63) is 72.5 Å². The minimum atomic E-state index is -0.529. The summed E-state index contributed by atoms with van der Waals surface area (Å²) in [6.07, 6.45) is 1.46. The summed E-state index contributed by atoms with van der Waals surface area (Å²) in [6, 6.07) is 11.4. The van der Waals surface area contributed by atoms with Crippen LogP contribution in [0, 0.1) is 10.1 Å². The van der Waals surface area contributed by atoms with Crippen LogP contribution >= 0.6 is 39.3 Å². The van der Waals surface area contributed by atoms with Gasteiger partial charge in [-0.1, -0.05) is 29.8 Å². The Bertz CT molecular complexity index is 998. The molecule has 1 fully saturated rings. The van der Waals surface area contributed by atoms with E-state index in [1.165, 1.54) is 18.2 Å². The number of carbonyl (C=O) groups excluding carboxylic acids is 2. The van der Waals surface area contributed by atoms with Gasteiger partial charge in [0.25, 0.3) is 16.8 Å². The maximum absolute atomic E-state index is 12.5. The lowest BCUT2D eigenvalue weighted by atomic mass is 10.2. The molecule has 0 N–H and O–H groups in total. The molecule has 2 aromatic rings. The monoisotopic (exact) mass is 482 g/mol. The summed E-state index contributed by atoms with van der Waals surface area (Å²) in [6.45, 7) is 0.159. The van der Waals surface area contributed by atoms with Crippen molar-refractivity contribution in [2.45, 2.75) is 0 Å². The van der Waals surface area contributed by atoms with E-state index in [0.717, 1.165) is 16.7 Å². The van der Waals surface area contributed by atoms with E-state index in [2.05, 4.69) is 15.9 Å². The first-order valence-corrected chi connectivity index (χ1v) is 9.92. The number of imide groups is 1. The van der Waals surface area contributed by atoms with Gasteiger partial charge in [0.15, 0.2) is 0 Å². The minimum Gasteiger partial charge on any atom is -0.490 e. The first-order chi connectivity index (χ1) is 13.4. The molecule has 144 valence electrons. The summed E-state index contributed by atoms with van der Waals surface area (Å²) < 4.78 is 5.85. The van der Waals surface area contributed by atoms with Gasteiger partial charge in [-0.2, -0.15) is 0 Å². The number of hydrogen-bond donors (Lipinski definition) is 0. The maximum Gasteiger partial charge on any atom is 0.293 e. The lowest BCUT2D eigenvalue weighted by Crippen LogP contribution is -2.32. The highest BCUT2D eigenvalue weighted by atomic mass is 79.9. The number of hydrogen-bond acceptors (Lipinski definition) is 6. The molecule has 0 spiro atoms. The van der Waals surface area contributed by atoms with E-state index in [1.54, 1.807) is 30.3 Å². The number of carbonyl (C=O) groups is 2. The zero-order valence-corrected chi connectivity index (χ0v) is 17.3. The molecule has 1 heterocycles. The molecular formula is C18H12BrClN2O5S. The predicted octanol–water partition coefficient (Wildman–Crippen LogP) is 5.13. The van der Waals surface area contributed by atoms with Crippen LogP contribution in [0.25, 0.3) is 6.08 Å². The zero-order chi connectivity index (χ0) is 20.3. The van der Waals surface area contributed by atoms with Gasteiger partial charge in [-0.05, 0) is 57.5 Å². The molecule has 0 unspecified atom stereocenters. The number of nitro groups is 1. The standard InChI is InChI=1S/C18H12BrClN2O5S/c19-12-6-5-11(9-14(12)22(25)26)10-16-17(23)21(18(24)28-16)7-8-27-15-4-2-1-3-13(15)20/h1-6,9-10H,7-8H2/b16-10-. The van der Waals surface area contributed by atoms with Gasteiger partial charge in [0.2, 0.25) is 0 Å². The van der Waals surface area contributed by atoms with E-state index in [1.807, 2.05) is 0 Å². The Morgan fingerprint density at radius 1 is 1.25 bits per heavy atom. The quantitative estimate of drug-likeness (QED) is 0.322. The van der Waals surface area contributed by atoms with Gasteiger partial charge in [-0.15, -0.1) is 0 Å². The van der Waals surface area contributed by atoms with Crippen LogP contribution in [0.2, 0.25) is 5.02 Å². The Morgan fingerprint density at radius 3 is 2.71 bits per heavy atom. The minimum absolute atomic E-state index is 0.0632. The van der Waals surface area contributed by atoms with Crippen LogP contribution in [0.1, 0.15) is 5.56 Å². The molecule has 0 aromatic heterocycles. The molecule has 1 aliphatic rings. The topological polar surface area (TPSA) is 89.8 Å².